The molecule has 1 aromatic rings. The molecule has 55 valence electrons. The molecule has 0 atom stereocenters. The molecule has 0 bridgehead atoms. The maximum atomic E-state index is 8.89. The van der Waals surface area contributed by atoms with Gasteiger partial charge in [-0.15, -0.1) is 0 Å². The van der Waals surface area contributed by atoms with Crippen molar-refractivity contribution in [1.29, 1.82) is 0 Å². The first-order chi connectivity index (χ1) is 4.67. The minimum atomic E-state index is -0.306. The van der Waals surface area contributed by atoms with Crippen molar-refractivity contribution >= 4 is 0 Å². The average Bonchev–Trinajstić information content (AvgIpc) is 2.38. The van der Waals surface area contributed by atoms with Crippen molar-refractivity contribution in [2.24, 2.45) is 0 Å². The molecule has 0 unspecified atom stereocenters. The molecule has 3 heteroatoms. The van der Waals surface area contributed by atoms with Crippen molar-refractivity contribution in [2.45, 2.75) is 19.4 Å². The second-order valence-corrected chi connectivity index (χ2v) is 2.86. The first kappa shape index (κ1) is 7.28. The third kappa shape index (κ3) is 1.19. The second-order valence-electron chi connectivity index (χ2n) is 2.86. The Hall–Kier alpha value is -0.830. The van der Waals surface area contributed by atoms with Crippen LogP contribution in [-0.2, 0) is 5.54 Å². The van der Waals surface area contributed by atoms with E-state index in [-0.39, 0.29) is 12.1 Å². The van der Waals surface area contributed by atoms with Gasteiger partial charge >= 0.3 is 0 Å². The molecule has 0 spiro atoms. The second kappa shape index (κ2) is 2.42. The predicted molar refractivity (Wildman–Crippen MR) is 37.5 cm³/mol. The van der Waals surface area contributed by atoms with E-state index in [1.54, 1.807) is 17.1 Å². The van der Waals surface area contributed by atoms with E-state index >= 15 is 0 Å². The molecule has 0 saturated heterocycles. The van der Waals surface area contributed by atoms with E-state index in [2.05, 4.69) is 11.2 Å². The Morgan fingerprint density at radius 3 is 2.80 bits per heavy atom. The summed E-state index contributed by atoms with van der Waals surface area (Å²) in [6.45, 7) is 3.91. The van der Waals surface area contributed by atoms with Gasteiger partial charge in [-0.3, -0.25) is 4.68 Å². The van der Waals surface area contributed by atoms with Crippen LogP contribution < -0.4 is 0 Å². The zero-order chi connectivity index (χ0) is 7.61. The summed E-state index contributed by atoms with van der Waals surface area (Å²) in [4.78, 5) is 0. The maximum Gasteiger partial charge on any atom is 0.0801 e. The van der Waals surface area contributed by atoms with Crippen molar-refractivity contribution in [3.8, 4) is 0 Å². The van der Waals surface area contributed by atoms with Crippen LogP contribution in [0.1, 0.15) is 13.8 Å². The highest BCUT2D eigenvalue weighted by Gasteiger charge is 2.17. The van der Waals surface area contributed by atoms with E-state index in [9.17, 15) is 0 Å². The quantitative estimate of drug-likeness (QED) is 0.644. The molecule has 1 aromatic heterocycles. The number of hydrogen-bond acceptors (Lipinski definition) is 2. The third-order valence-electron chi connectivity index (χ3n) is 1.46. The number of nitrogens with zero attached hydrogens (tertiary/aromatic N) is 2. The molecule has 0 aliphatic heterocycles. The van der Waals surface area contributed by atoms with Crippen molar-refractivity contribution in [2.75, 3.05) is 6.61 Å². The van der Waals surface area contributed by atoms with Crippen LogP contribution in [0.15, 0.2) is 12.4 Å². The van der Waals surface area contributed by atoms with E-state index in [4.69, 9.17) is 5.11 Å². The standard InChI is InChI=1S/C7H11N2O/c1-7(2,6-10)9-5-3-4-8-9/h4-5,10H,6H2,1-2H3. The molecular weight excluding hydrogens is 128 g/mol. The van der Waals surface area contributed by atoms with Crippen LogP contribution in [0, 0.1) is 6.07 Å². The van der Waals surface area contributed by atoms with Gasteiger partial charge in [-0.05, 0) is 13.8 Å². The monoisotopic (exact) mass is 139 g/mol. The topological polar surface area (TPSA) is 38.0 Å². The van der Waals surface area contributed by atoms with Gasteiger partial charge in [0.2, 0.25) is 0 Å². The summed E-state index contributed by atoms with van der Waals surface area (Å²) >= 11 is 0. The molecule has 1 rings (SSSR count). The van der Waals surface area contributed by atoms with Crippen LogP contribution in [0.5, 0.6) is 0 Å². The zero-order valence-electron chi connectivity index (χ0n) is 6.20. The van der Waals surface area contributed by atoms with Crippen LogP contribution >= 0.6 is 0 Å². The molecule has 10 heavy (non-hydrogen) atoms. The minimum Gasteiger partial charge on any atom is -0.394 e. The van der Waals surface area contributed by atoms with Crippen LogP contribution in [-0.4, -0.2) is 21.5 Å². The van der Waals surface area contributed by atoms with E-state index in [1.165, 1.54) is 0 Å². The van der Waals surface area contributed by atoms with Gasteiger partial charge in [-0.2, -0.15) is 5.10 Å². The number of aliphatic hydroxyl groups excluding tert-OH is 1. The number of hydrogen-bond donors (Lipinski definition) is 1. The van der Waals surface area contributed by atoms with E-state index < -0.39 is 0 Å². The zero-order valence-corrected chi connectivity index (χ0v) is 6.20. The van der Waals surface area contributed by atoms with E-state index in [0.29, 0.717) is 0 Å². The summed E-state index contributed by atoms with van der Waals surface area (Å²) in [5.41, 5.74) is -0.306. The molecule has 0 amide bonds. The molecule has 3 nitrogen and oxygen atoms in total. The number of aromatic nitrogens is 2. The normalized spacial score (nSPS) is 11.9. The third-order valence-corrected chi connectivity index (χ3v) is 1.46. The Kier molecular flexibility index (Phi) is 1.76. The fourth-order valence-electron chi connectivity index (χ4n) is 0.636. The van der Waals surface area contributed by atoms with E-state index in [1.807, 2.05) is 13.8 Å². The van der Waals surface area contributed by atoms with Crippen molar-refractivity contribution in [3.05, 3.63) is 18.5 Å². The first-order valence-corrected chi connectivity index (χ1v) is 3.19. The van der Waals surface area contributed by atoms with Crippen molar-refractivity contribution < 1.29 is 5.11 Å². The summed E-state index contributed by atoms with van der Waals surface area (Å²) in [7, 11) is 0. The minimum absolute atomic E-state index is 0.0858. The molecule has 1 N–H and O–H groups in total. The average molecular weight is 139 g/mol. The van der Waals surface area contributed by atoms with Gasteiger partial charge in [-0.1, -0.05) is 0 Å². The Balaban J connectivity index is 2.85. The fourth-order valence-corrected chi connectivity index (χ4v) is 0.636. The molecule has 0 aliphatic carbocycles. The smallest absolute Gasteiger partial charge is 0.0801 e. The highest BCUT2D eigenvalue weighted by molar-refractivity contribution is 4.83. The van der Waals surface area contributed by atoms with Gasteiger partial charge in [0, 0.05) is 12.3 Å². The molecule has 0 aromatic carbocycles. The molecular formula is C7H11N2O. The molecule has 0 aliphatic rings. The molecule has 0 fully saturated rings. The van der Waals surface area contributed by atoms with Gasteiger partial charge in [0.1, 0.15) is 0 Å². The first-order valence-electron chi connectivity index (χ1n) is 3.19. The fraction of sp³-hybridized carbons (Fsp3) is 0.571. The molecule has 1 heterocycles. The molecule has 0 saturated carbocycles. The summed E-state index contributed by atoms with van der Waals surface area (Å²) in [6, 6.07) is 2.81. The summed E-state index contributed by atoms with van der Waals surface area (Å²) in [5.74, 6) is 0. The lowest BCUT2D eigenvalue weighted by molar-refractivity contribution is 0.152. The Morgan fingerprint density at radius 1 is 1.70 bits per heavy atom. The SMILES string of the molecule is CC(C)(CO)n1c[c]cn1. The summed E-state index contributed by atoms with van der Waals surface area (Å²) < 4.78 is 1.69. The molecule has 1 radical (unpaired) electrons. The largest absolute Gasteiger partial charge is 0.394 e. The van der Waals surface area contributed by atoms with Gasteiger partial charge in [0.05, 0.1) is 18.3 Å². The maximum absolute atomic E-state index is 8.89. The highest BCUT2D eigenvalue weighted by atomic mass is 16.3. The van der Waals surface area contributed by atoms with Crippen LogP contribution in [0.4, 0.5) is 0 Å². The Morgan fingerprint density at radius 2 is 2.40 bits per heavy atom. The Bertz CT molecular complexity index is 191. The summed E-state index contributed by atoms with van der Waals surface area (Å²) in [5, 5.41) is 12.9. The lowest BCUT2D eigenvalue weighted by Gasteiger charge is -2.21. The number of rotatable bonds is 2. The van der Waals surface area contributed by atoms with Gasteiger partial charge in [0.25, 0.3) is 0 Å². The van der Waals surface area contributed by atoms with Crippen LogP contribution in [0.25, 0.3) is 0 Å². The predicted octanol–water partition coefficient (Wildman–Crippen LogP) is 0.411. The van der Waals surface area contributed by atoms with Gasteiger partial charge in [-0.25, -0.2) is 0 Å². The lowest BCUT2D eigenvalue weighted by Crippen LogP contribution is -2.30. The Labute approximate surface area is 60.3 Å². The summed E-state index contributed by atoms with van der Waals surface area (Å²) in [6.07, 6.45) is 3.30. The van der Waals surface area contributed by atoms with Crippen molar-refractivity contribution in [1.82, 2.24) is 9.78 Å². The highest BCUT2D eigenvalue weighted by Crippen LogP contribution is 2.10. The van der Waals surface area contributed by atoms with Gasteiger partial charge in [0.15, 0.2) is 0 Å². The number of aliphatic hydroxyl groups is 1. The lowest BCUT2D eigenvalue weighted by atomic mass is 10.1. The van der Waals surface area contributed by atoms with E-state index in [0.717, 1.165) is 0 Å². The van der Waals surface area contributed by atoms with Crippen LogP contribution in [0.2, 0.25) is 0 Å². The van der Waals surface area contributed by atoms with Crippen LogP contribution in [0.3, 0.4) is 0 Å². The van der Waals surface area contributed by atoms with Crippen molar-refractivity contribution in [3.63, 3.8) is 0 Å². The van der Waals surface area contributed by atoms with Gasteiger partial charge < -0.3 is 5.11 Å².